The number of anilines is 1. The highest BCUT2D eigenvalue weighted by atomic mass is 16.5. The summed E-state index contributed by atoms with van der Waals surface area (Å²) in [6.07, 6.45) is 2.72. The van der Waals surface area contributed by atoms with E-state index in [4.69, 9.17) is 4.74 Å². The first-order valence-corrected chi connectivity index (χ1v) is 7.78. The molecule has 0 saturated carbocycles. The van der Waals surface area contributed by atoms with Gasteiger partial charge in [0.15, 0.2) is 5.60 Å². The summed E-state index contributed by atoms with van der Waals surface area (Å²) in [4.78, 5) is 12.9. The minimum Gasteiger partial charge on any atom is -0.360 e. The molecule has 3 rings (SSSR count). The lowest BCUT2D eigenvalue weighted by Crippen LogP contribution is -2.45. The highest BCUT2D eigenvalue weighted by molar-refractivity contribution is 5.98. The Morgan fingerprint density at radius 3 is 2.41 bits per heavy atom. The molecule has 22 heavy (non-hydrogen) atoms. The first-order valence-electron chi connectivity index (χ1n) is 7.78. The monoisotopic (exact) mass is 295 g/mol. The van der Waals surface area contributed by atoms with E-state index in [0.717, 1.165) is 24.1 Å². The summed E-state index contributed by atoms with van der Waals surface area (Å²) in [6, 6.07) is 17.6. The number of hydrogen-bond donors (Lipinski definition) is 1. The zero-order chi connectivity index (χ0) is 15.4. The molecule has 1 amide bonds. The average molecular weight is 295 g/mol. The van der Waals surface area contributed by atoms with Crippen molar-refractivity contribution in [3.05, 3.63) is 65.7 Å². The van der Waals surface area contributed by atoms with E-state index in [1.54, 1.807) is 0 Å². The van der Waals surface area contributed by atoms with E-state index in [1.807, 2.05) is 61.5 Å². The van der Waals surface area contributed by atoms with E-state index in [2.05, 4.69) is 5.32 Å². The van der Waals surface area contributed by atoms with E-state index in [-0.39, 0.29) is 5.91 Å². The van der Waals surface area contributed by atoms with Crippen LogP contribution in [0.25, 0.3) is 0 Å². The van der Waals surface area contributed by atoms with Gasteiger partial charge in [0.25, 0.3) is 5.91 Å². The summed E-state index contributed by atoms with van der Waals surface area (Å²) in [5.41, 5.74) is 2.04. The van der Waals surface area contributed by atoms with Gasteiger partial charge in [-0.25, -0.2) is 0 Å². The van der Waals surface area contributed by atoms with Gasteiger partial charge in [-0.05, 0) is 43.9 Å². The van der Waals surface area contributed by atoms with E-state index in [1.165, 1.54) is 5.56 Å². The molecular formula is C19H21NO2. The summed E-state index contributed by atoms with van der Waals surface area (Å²) in [6.45, 7) is 2.65. The molecule has 1 fully saturated rings. The third kappa shape index (κ3) is 2.90. The topological polar surface area (TPSA) is 38.3 Å². The van der Waals surface area contributed by atoms with E-state index < -0.39 is 5.60 Å². The molecule has 3 nitrogen and oxygen atoms in total. The van der Waals surface area contributed by atoms with Gasteiger partial charge in [-0.3, -0.25) is 4.79 Å². The van der Waals surface area contributed by atoms with Crippen LogP contribution < -0.4 is 5.32 Å². The van der Waals surface area contributed by atoms with Gasteiger partial charge in [0.1, 0.15) is 0 Å². The number of hydrogen-bond acceptors (Lipinski definition) is 2. The molecule has 114 valence electrons. The zero-order valence-corrected chi connectivity index (χ0v) is 12.8. The molecule has 0 aliphatic carbocycles. The van der Waals surface area contributed by atoms with Crippen molar-refractivity contribution in [2.45, 2.75) is 31.8 Å². The van der Waals surface area contributed by atoms with Crippen LogP contribution in [0.1, 0.15) is 30.4 Å². The van der Waals surface area contributed by atoms with Crippen LogP contribution in [0.4, 0.5) is 5.69 Å². The first-order chi connectivity index (χ1) is 10.7. The predicted molar refractivity (Wildman–Crippen MR) is 87.7 cm³/mol. The molecule has 1 atom stereocenters. The Kier molecular flexibility index (Phi) is 4.25. The SMILES string of the molecule is Cc1ccc(NC(=O)[C@]2(c3ccccc3)CCCCO2)cc1. The predicted octanol–water partition coefficient (Wildman–Crippen LogP) is 4.03. The minimum absolute atomic E-state index is 0.0812. The van der Waals surface area contributed by atoms with Crippen molar-refractivity contribution in [1.29, 1.82) is 0 Å². The lowest BCUT2D eigenvalue weighted by molar-refractivity contribution is -0.149. The number of carbonyl (C=O) groups excluding carboxylic acids is 1. The lowest BCUT2D eigenvalue weighted by atomic mass is 9.85. The van der Waals surface area contributed by atoms with E-state index in [9.17, 15) is 4.79 Å². The number of nitrogens with one attached hydrogen (secondary N) is 1. The molecule has 1 N–H and O–H groups in total. The van der Waals surface area contributed by atoms with Crippen molar-refractivity contribution < 1.29 is 9.53 Å². The van der Waals surface area contributed by atoms with Gasteiger partial charge < -0.3 is 10.1 Å². The van der Waals surface area contributed by atoms with Gasteiger partial charge in [0, 0.05) is 12.3 Å². The van der Waals surface area contributed by atoms with Gasteiger partial charge in [-0.15, -0.1) is 0 Å². The molecule has 0 radical (unpaired) electrons. The summed E-state index contributed by atoms with van der Waals surface area (Å²) in [5.74, 6) is -0.0812. The molecule has 1 saturated heterocycles. The largest absolute Gasteiger partial charge is 0.360 e. The van der Waals surface area contributed by atoms with Gasteiger partial charge in [-0.2, -0.15) is 0 Å². The molecule has 2 aromatic rings. The Morgan fingerprint density at radius 2 is 1.77 bits per heavy atom. The fourth-order valence-electron chi connectivity index (χ4n) is 2.91. The number of rotatable bonds is 3. The second-order valence-electron chi connectivity index (χ2n) is 5.82. The first kappa shape index (κ1) is 14.8. The van der Waals surface area contributed by atoms with Crippen LogP contribution in [0.15, 0.2) is 54.6 Å². The fourth-order valence-corrected chi connectivity index (χ4v) is 2.91. The van der Waals surface area contributed by atoms with Crippen LogP contribution in [-0.4, -0.2) is 12.5 Å². The Labute approximate surface area is 131 Å². The molecule has 0 aromatic heterocycles. The third-order valence-electron chi connectivity index (χ3n) is 4.19. The third-order valence-corrected chi connectivity index (χ3v) is 4.19. The Morgan fingerprint density at radius 1 is 1.05 bits per heavy atom. The van der Waals surface area contributed by atoms with Crippen LogP contribution >= 0.6 is 0 Å². The Balaban J connectivity index is 1.89. The van der Waals surface area contributed by atoms with Crippen LogP contribution in [0, 0.1) is 6.92 Å². The second-order valence-corrected chi connectivity index (χ2v) is 5.82. The molecule has 1 heterocycles. The highest BCUT2D eigenvalue weighted by Gasteiger charge is 2.42. The fraction of sp³-hybridized carbons (Fsp3) is 0.316. The van der Waals surface area contributed by atoms with Crippen LogP contribution in [0.5, 0.6) is 0 Å². The van der Waals surface area contributed by atoms with Gasteiger partial charge in [0.2, 0.25) is 0 Å². The highest BCUT2D eigenvalue weighted by Crippen LogP contribution is 2.36. The molecule has 3 heteroatoms. The van der Waals surface area contributed by atoms with Crippen molar-refractivity contribution in [2.24, 2.45) is 0 Å². The molecule has 2 aromatic carbocycles. The number of amides is 1. The van der Waals surface area contributed by atoms with Crippen LogP contribution in [-0.2, 0) is 15.1 Å². The summed E-state index contributed by atoms with van der Waals surface area (Å²) >= 11 is 0. The molecule has 1 aliphatic heterocycles. The standard InChI is InChI=1S/C19H21NO2/c1-15-9-11-17(12-10-15)20-18(21)19(13-5-6-14-22-19)16-7-3-2-4-8-16/h2-4,7-12H,5-6,13-14H2,1H3,(H,20,21)/t19-/m1/s1. The maximum Gasteiger partial charge on any atom is 0.261 e. The zero-order valence-electron chi connectivity index (χ0n) is 12.8. The van der Waals surface area contributed by atoms with Gasteiger partial charge >= 0.3 is 0 Å². The molecule has 0 spiro atoms. The molecule has 0 bridgehead atoms. The maximum absolute atomic E-state index is 12.9. The van der Waals surface area contributed by atoms with Crippen molar-refractivity contribution in [2.75, 3.05) is 11.9 Å². The van der Waals surface area contributed by atoms with Crippen LogP contribution in [0.3, 0.4) is 0 Å². The van der Waals surface area contributed by atoms with E-state index >= 15 is 0 Å². The molecule has 0 unspecified atom stereocenters. The normalized spacial score (nSPS) is 21.3. The number of benzene rings is 2. The average Bonchev–Trinajstić information content (AvgIpc) is 2.58. The van der Waals surface area contributed by atoms with Crippen molar-refractivity contribution >= 4 is 11.6 Å². The summed E-state index contributed by atoms with van der Waals surface area (Å²) in [5, 5.41) is 3.01. The van der Waals surface area contributed by atoms with Crippen molar-refractivity contribution in [3.63, 3.8) is 0 Å². The Hall–Kier alpha value is -2.13. The molecular weight excluding hydrogens is 274 g/mol. The lowest BCUT2D eigenvalue weighted by Gasteiger charge is -2.36. The number of carbonyl (C=O) groups is 1. The minimum atomic E-state index is -0.871. The van der Waals surface area contributed by atoms with E-state index in [0.29, 0.717) is 13.0 Å². The second kappa shape index (κ2) is 6.32. The number of ether oxygens (including phenoxy) is 1. The maximum atomic E-state index is 12.9. The summed E-state index contributed by atoms with van der Waals surface area (Å²) < 4.78 is 6.00. The quantitative estimate of drug-likeness (QED) is 0.928. The Bertz CT molecular complexity index is 628. The molecule has 1 aliphatic rings. The van der Waals surface area contributed by atoms with Gasteiger partial charge in [-0.1, -0.05) is 48.0 Å². The summed E-state index contributed by atoms with van der Waals surface area (Å²) in [7, 11) is 0. The van der Waals surface area contributed by atoms with Gasteiger partial charge in [0.05, 0.1) is 0 Å². The van der Waals surface area contributed by atoms with Crippen molar-refractivity contribution in [1.82, 2.24) is 0 Å². The number of aryl methyl sites for hydroxylation is 1. The van der Waals surface area contributed by atoms with Crippen molar-refractivity contribution in [3.8, 4) is 0 Å². The smallest absolute Gasteiger partial charge is 0.261 e. The van der Waals surface area contributed by atoms with Crippen LogP contribution in [0.2, 0.25) is 0 Å².